The first kappa shape index (κ1) is 14.3. The Hall–Kier alpha value is -1.11. The molecule has 102 valence electrons. The van der Waals surface area contributed by atoms with E-state index < -0.39 is 12.0 Å². The van der Waals surface area contributed by atoms with Gasteiger partial charge in [0.25, 0.3) is 0 Å². The number of carbonyl (C=O) groups excluding carboxylic acids is 2. The van der Waals surface area contributed by atoms with Gasteiger partial charge < -0.3 is 10.1 Å². The summed E-state index contributed by atoms with van der Waals surface area (Å²) in [5.41, 5.74) is 1.04. The van der Waals surface area contributed by atoms with E-state index in [-0.39, 0.29) is 11.8 Å². The molecule has 1 aliphatic carbocycles. The van der Waals surface area contributed by atoms with Crippen molar-refractivity contribution in [2.75, 3.05) is 7.11 Å². The predicted octanol–water partition coefficient (Wildman–Crippen LogP) is 1.90. The molecule has 1 saturated carbocycles. The molecule has 0 aliphatic heterocycles. The second-order valence-corrected chi connectivity index (χ2v) is 5.82. The molecule has 1 aromatic rings. The van der Waals surface area contributed by atoms with Crippen molar-refractivity contribution in [3.05, 3.63) is 33.4 Å². The summed E-state index contributed by atoms with van der Waals surface area (Å²) in [7, 11) is 1.34. The molecule has 1 aromatic carbocycles. The molecule has 1 N–H and O–H groups in total. The molecule has 1 aliphatic rings. The molecular weight excluding hydrogens is 357 g/mol. The highest BCUT2D eigenvalue weighted by molar-refractivity contribution is 14.1. The third-order valence-corrected chi connectivity index (χ3v) is 4.18. The van der Waals surface area contributed by atoms with E-state index in [4.69, 9.17) is 4.74 Å². The number of rotatable bonds is 5. The Morgan fingerprint density at radius 2 is 2.11 bits per heavy atom. The molecule has 5 heteroatoms. The van der Waals surface area contributed by atoms with Crippen molar-refractivity contribution in [3.8, 4) is 0 Å². The van der Waals surface area contributed by atoms with Gasteiger partial charge in [0.1, 0.15) is 6.04 Å². The van der Waals surface area contributed by atoms with Crippen LogP contribution in [0.2, 0.25) is 0 Å². The van der Waals surface area contributed by atoms with Gasteiger partial charge in [-0.05, 0) is 47.1 Å². The zero-order chi connectivity index (χ0) is 13.8. The highest BCUT2D eigenvalue weighted by Crippen LogP contribution is 2.29. The van der Waals surface area contributed by atoms with E-state index in [0.29, 0.717) is 6.42 Å². The van der Waals surface area contributed by atoms with E-state index in [1.54, 1.807) is 0 Å². The molecule has 0 unspecified atom stereocenters. The maximum Gasteiger partial charge on any atom is 0.328 e. The number of amides is 1. The molecular formula is C14H16INO3. The third-order valence-electron chi connectivity index (χ3n) is 3.13. The van der Waals surface area contributed by atoms with Crippen LogP contribution in [0.1, 0.15) is 18.4 Å². The quantitative estimate of drug-likeness (QED) is 0.634. The summed E-state index contributed by atoms with van der Waals surface area (Å²) in [4.78, 5) is 23.6. The molecule has 0 saturated heterocycles. The minimum absolute atomic E-state index is 0.0404. The van der Waals surface area contributed by atoms with E-state index in [0.717, 1.165) is 22.0 Å². The van der Waals surface area contributed by atoms with Crippen LogP contribution in [0.15, 0.2) is 24.3 Å². The van der Waals surface area contributed by atoms with Gasteiger partial charge in [-0.15, -0.1) is 0 Å². The fourth-order valence-corrected chi connectivity index (χ4v) is 2.46. The topological polar surface area (TPSA) is 55.4 Å². The average Bonchev–Trinajstić information content (AvgIpc) is 3.23. The van der Waals surface area contributed by atoms with Gasteiger partial charge in [-0.1, -0.05) is 18.2 Å². The average molecular weight is 373 g/mol. The molecule has 4 nitrogen and oxygen atoms in total. The summed E-state index contributed by atoms with van der Waals surface area (Å²) in [6.45, 7) is 0. The number of hydrogen-bond donors (Lipinski definition) is 1. The monoisotopic (exact) mass is 373 g/mol. The number of hydrogen-bond acceptors (Lipinski definition) is 3. The van der Waals surface area contributed by atoms with E-state index in [9.17, 15) is 9.59 Å². The van der Waals surface area contributed by atoms with Crippen LogP contribution in [0.5, 0.6) is 0 Å². The van der Waals surface area contributed by atoms with Gasteiger partial charge in [0.05, 0.1) is 7.11 Å². The molecule has 0 radical (unpaired) electrons. The van der Waals surface area contributed by atoms with Crippen LogP contribution >= 0.6 is 22.6 Å². The smallest absolute Gasteiger partial charge is 0.328 e. The second kappa shape index (κ2) is 6.36. The summed E-state index contributed by atoms with van der Waals surface area (Å²) in [5.74, 6) is -0.350. The van der Waals surface area contributed by atoms with Crippen molar-refractivity contribution in [2.45, 2.75) is 25.3 Å². The SMILES string of the molecule is COC(=O)[C@@H](Cc1ccccc1I)NC(=O)C1CC1. The van der Waals surface area contributed by atoms with Gasteiger partial charge in [-0.3, -0.25) is 4.79 Å². The lowest BCUT2D eigenvalue weighted by atomic mass is 10.1. The van der Waals surface area contributed by atoms with E-state index in [1.165, 1.54) is 7.11 Å². The summed E-state index contributed by atoms with van der Waals surface area (Å²) in [6, 6.07) is 7.21. The molecule has 0 bridgehead atoms. The minimum atomic E-state index is -0.603. The molecule has 19 heavy (non-hydrogen) atoms. The van der Waals surface area contributed by atoms with Gasteiger partial charge in [0.15, 0.2) is 0 Å². The van der Waals surface area contributed by atoms with Gasteiger partial charge in [-0.25, -0.2) is 4.79 Å². The Morgan fingerprint density at radius 3 is 2.68 bits per heavy atom. The Labute approximate surface area is 126 Å². The lowest BCUT2D eigenvalue weighted by Crippen LogP contribution is -2.43. The maximum atomic E-state index is 11.8. The van der Waals surface area contributed by atoms with E-state index in [2.05, 4.69) is 27.9 Å². The van der Waals surface area contributed by atoms with Crippen molar-refractivity contribution >= 4 is 34.5 Å². The number of ether oxygens (including phenoxy) is 1. The Morgan fingerprint density at radius 1 is 1.42 bits per heavy atom. The highest BCUT2D eigenvalue weighted by atomic mass is 127. The number of nitrogens with one attached hydrogen (secondary N) is 1. The first-order valence-electron chi connectivity index (χ1n) is 6.23. The van der Waals surface area contributed by atoms with Crippen LogP contribution in [0.4, 0.5) is 0 Å². The highest BCUT2D eigenvalue weighted by Gasteiger charge is 2.33. The summed E-state index contributed by atoms with van der Waals surface area (Å²) in [5, 5.41) is 2.79. The van der Waals surface area contributed by atoms with Crippen molar-refractivity contribution in [3.63, 3.8) is 0 Å². The Kier molecular flexibility index (Phi) is 4.79. The number of esters is 1. The number of halogens is 1. The minimum Gasteiger partial charge on any atom is -0.467 e. The fraction of sp³-hybridized carbons (Fsp3) is 0.429. The van der Waals surface area contributed by atoms with Crippen molar-refractivity contribution in [2.24, 2.45) is 5.92 Å². The first-order valence-corrected chi connectivity index (χ1v) is 7.31. The zero-order valence-corrected chi connectivity index (χ0v) is 12.8. The molecule has 2 rings (SSSR count). The van der Waals surface area contributed by atoms with Crippen LogP contribution in [-0.4, -0.2) is 25.0 Å². The van der Waals surface area contributed by atoms with Gasteiger partial charge in [-0.2, -0.15) is 0 Å². The van der Waals surface area contributed by atoms with Crippen molar-refractivity contribution < 1.29 is 14.3 Å². The van der Waals surface area contributed by atoms with Crippen molar-refractivity contribution in [1.82, 2.24) is 5.32 Å². The molecule has 1 fully saturated rings. The van der Waals surface area contributed by atoms with Crippen LogP contribution in [0, 0.1) is 9.49 Å². The number of carbonyl (C=O) groups is 2. The van der Waals surface area contributed by atoms with E-state index >= 15 is 0 Å². The third kappa shape index (κ3) is 3.92. The first-order chi connectivity index (χ1) is 9.11. The van der Waals surface area contributed by atoms with Gasteiger partial charge in [0.2, 0.25) is 5.91 Å². The van der Waals surface area contributed by atoms with Crippen molar-refractivity contribution in [1.29, 1.82) is 0 Å². The second-order valence-electron chi connectivity index (χ2n) is 4.65. The number of benzene rings is 1. The molecule has 1 atom stereocenters. The molecule has 0 heterocycles. The van der Waals surface area contributed by atoms with Crippen LogP contribution < -0.4 is 5.32 Å². The standard InChI is InChI=1S/C14H16INO3/c1-19-14(18)12(16-13(17)9-6-7-9)8-10-4-2-3-5-11(10)15/h2-5,9,12H,6-8H2,1H3,(H,16,17)/t12-/m1/s1. The predicted molar refractivity (Wildman–Crippen MR) is 79.5 cm³/mol. The van der Waals surface area contributed by atoms with E-state index in [1.807, 2.05) is 24.3 Å². The van der Waals surface area contributed by atoms with Crippen LogP contribution in [-0.2, 0) is 20.7 Å². The van der Waals surface area contributed by atoms with Crippen LogP contribution in [0.3, 0.4) is 0 Å². The van der Waals surface area contributed by atoms with Gasteiger partial charge >= 0.3 is 5.97 Å². The molecule has 0 aromatic heterocycles. The molecule has 1 amide bonds. The number of methoxy groups -OCH3 is 1. The fourth-order valence-electron chi connectivity index (χ4n) is 1.85. The summed E-state index contributed by atoms with van der Waals surface area (Å²) >= 11 is 2.22. The normalized spacial score (nSPS) is 15.7. The van der Waals surface area contributed by atoms with Crippen LogP contribution in [0.25, 0.3) is 0 Å². The molecule has 0 spiro atoms. The maximum absolute atomic E-state index is 11.8. The lowest BCUT2D eigenvalue weighted by Gasteiger charge is -2.17. The van der Waals surface area contributed by atoms with Gasteiger partial charge in [0, 0.05) is 15.9 Å². The Bertz CT molecular complexity index is 485. The summed E-state index contributed by atoms with van der Waals surface area (Å²) in [6.07, 6.45) is 2.30. The zero-order valence-electron chi connectivity index (χ0n) is 10.7. The largest absolute Gasteiger partial charge is 0.467 e. The lowest BCUT2D eigenvalue weighted by molar-refractivity contribution is -0.145. The Balaban J connectivity index is 2.07. The summed E-state index contributed by atoms with van der Waals surface area (Å²) < 4.78 is 5.85.